The number of hydrogen-bond donors (Lipinski definition) is 1. The molecule has 3 unspecified atom stereocenters. The molecule has 2 aliphatic rings. The molecule has 0 spiro atoms. The van der Waals surface area contributed by atoms with Crippen molar-refractivity contribution in [2.45, 2.75) is 57.2 Å². The Balaban J connectivity index is 1.96. The van der Waals surface area contributed by atoms with Gasteiger partial charge in [0.05, 0.1) is 17.8 Å². The summed E-state index contributed by atoms with van der Waals surface area (Å²) in [7, 11) is -3.17. The summed E-state index contributed by atoms with van der Waals surface area (Å²) in [4.78, 5) is 11.9. The lowest BCUT2D eigenvalue weighted by atomic mass is 9.94. The molecule has 2 aliphatic carbocycles. The van der Waals surface area contributed by atoms with Crippen molar-refractivity contribution < 1.29 is 17.9 Å². The number of carbonyl (C=O) groups is 1. The second-order valence-electron chi connectivity index (χ2n) is 5.56. The topological polar surface area (TPSA) is 72.5 Å². The van der Waals surface area contributed by atoms with Gasteiger partial charge in [-0.3, -0.25) is 4.79 Å². The van der Waals surface area contributed by atoms with Crippen LogP contribution in [0.2, 0.25) is 0 Å². The second-order valence-corrected chi connectivity index (χ2v) is 7.55. The zero-order chi connectivity index (χ0) is 14.0. The molecule has 2 rings (SSSR count). The molecule has 6 heteroatoms. The first-order chi connectivity index (χ1) is 8.97. The van der Waals surface area contributed by atoms with Crippen LogP contribution in [-0.2, 0) is 19.6 Å². The van der Waals surface area contributed by atoms with E-state index < -0.39 is 10.0 Å². The van der Waals surface area contributed by atoms with Crippen molar-refractivity contribution in [3.8, 4) is 0 Å². The smallest absolute Gasteiger partial charge is 0.309 e. The van der Waals surface area contributed by atoms with Crippen LogP contribution >= 0.6 is 0 Å². The van der Waals surface area contributed by atoms with Gasteiger partial charge in [0.1, 0.15) is 0 Å². The van der Waals surface area contributed by atoms with Crippen molar-refractivity contribution in [1.82, 2.24) is 4.72 Å². The number of sulfonamides is 1. The number of ether oxygens (including phenoxy) is 1. The highest BCUT2D eigenvalue weighted by molar-refractivity contribution is 7.90. The SMILES string of the molecule is CCOC(=O)C1CC(NS(=O)(=O)C2CC2)CC1CC. The predicted octanol–water partition coefficient (Wildman–Crippen LogP) is 1.44. The fourth-order valence-electron chi connectivity index (χ4n) is 2.92. The molecular weight excluding hydrogens is 266 g/mol. The lowest BCUT2D eigenvalue weighted by Gasteiger charge is -2.15. The number of esters is 1. The van der Waals surface area contributed by atoms with Crippen LogP contribution in [0, 0.1) is 11.8 Å². The third-order valence-electron chi connectivity index (χ3n) is 4.10. The molecule has 0 aromatic heterocycles. The molecule has 0 amide bonds. The highest BCUT2D eigenvalue weighted by atomic mass is 32.2. The van der Waals surface area contributed by atoms with Crippen molar-refractivity contribution in [2.24, 2.45) is 11.8 Å². The summed E-state index contributed by atoms with van der Waals surface area (Å²) in [5.41, 5.74) is 0. The predicted molar refractivity (Wildman–Crippen MR) is 72.0 cm³/mol. The summed E-state index contributed by atoms with van der Waals surface area (Å²) in [6.45, 7) is 4.21. The van der Waals surface area contributed by atoms with Gasteiger partial charge in [-0.2, -0.15) is 0 Å². The quantitative estimate of drug-likeness (QED) is 0.751. The average Bonchev–Trinajstić information content (AvgIpc) is 3.12. The van der Waals surface area contributed by atoms with Crippen molar-refractivity contribution in [1.29, 1.82) is 0 Å². The molecule has 2 fully saturated rings. The molecule has 5 nitrogen and oxygen atoms in total. The van der Waals surface area contributed by atoms with Crippen LogP contribution in [0.15, 0.2) is 0 Å². The maximum atomic E-state index is 11.9. The van der Waals surface area contributed by atoms with Crippen LogP contribution in [0.4, 0.5) is 0 Å². The third kappa shape index (κ3) is 3.48. The lowest BCUT2D eigenvalue weighted by Crippen LogP contribution is -2.35. The molecular formula is C13H23NO4S. The minimum absolute atomic E-state index is 0.107. The Kier molecular flexibility index (Phi) is 4.50. The van der Waals surface area contributed by atoms with E-state index in [-0.39, 0.29) is 29.1 Å². The molecule has 0 aliphatic heterocycles. The Bertz CT molecular complexity index is 430. The van der Waals surface area contributed by atoms with Crippen LogP contribution in [-0.4, -0.2) is 32.3 Å². The van der Waals surface area contributed by atoms with E-state index in [1.54, 1.807) is 6.92 Å². The molecule has 3 atom stereocenters. The van der Waals surface area contributed by atoms with E-state index in [4.69, 9.17) is 4.74 Å². The maximum Gasteiger partial charge on any atom is 0.309 e. The Hall–Kier alpha value is -0.620. The minimum atomic E-state index is -3.17. The van der Waals surface area contributed by atoms with Gasteiger partial charge in [0.15, 0.2) is 0 Å². The van der Waals surface area contributed by atoms with Gasteiger partial charge in [-0.25, -0.2) is 13.1 Å². The fourth-order valence-corrected chi connectivity index (χ4v) is 4.52. The molecule has 0 saturated heterocycles. The van der Waals surface area contributed by atoms with E-state index in [2.05, 4.69) is 4.72 Å². The van der Waals surface area contributed by atoms with Crippen LogP contribution < -0.4 is 4.72 Å². The first kappa shape index (κ1) is 14.8. The highest BCUT2D eigenvalue weighted by Gasteiger charge is 2.43. The molecule has 2 saturated carbocycles. The first-order valence-electron chi connectivity index (χ1n) is 7.15. The van der Waals surface area contributed by atoms with E-state index in [1.165, 1.54) is 0 Å². The molecule has 0 bridgehead atoms. The van der Waals surface area contributed by atoms with Crippen LogP contribution in [0.5, 0.6) is 0 Å². The van der Waals surface area contributed by atoms with Crippen LogP contribution in [0.3, 0.4) is 0 Å². The van der Waals surface area contributed by atoms with Crippen molar-refractivity contribution >= 4 is 16.0 Å². The van der Waals surface area contributed by atoms with Crippen molar-refractivity contribution in [3.63, 3.8) is 0 Å². The molecule has 0 heterocycles. The third-order valence-corrected chi connectivity index (χ3v) is 6.11. The van der Waals surface area contributed by atoms with Crippen molar-refractivity contribution in [2.75, 3.05) is 6.61 Å². The zero-order valence-corrected chi connectivity index (χ0v) is 12.4. The summed E-state index contributed by atoms with van der Waals surface area (Å²) in [6.07, 6.45) is 3.72. The molecule has 19 heavy (non-hydrogen) atoms. The van der Waals surface area contributed by atoms with E-state index >= 15 is 0 Å². The van der Waals surface area contributed by atoms with Crippen LogP contribution in [0.1, 0.15) is 46.0 Å². The normalized spacial score (nSPS) is 31.4. The summed E-state index contributed by atoms with van der Waals surface area (Å²) < 4.78 is 31.7. The van der Waals surface area contributed by atoms with E-state index in [0.717, 1.165) is 25.7 Å². The molecule has 0 radical (unpaired) electrons. The summed E-state index contributed by atoms with van der Waals surface area (Å²) in [5, 5.41) is -0.200. The first-order valence-corrected chi connectivity index (χ1v) is 8.70. The Labute approximate surface area is 115 Å². The van der Waals surface area contributed by atoms with Gasteiger partial charge in [0, 0.05) is 6.04 Å². The molecule has 1 N–H and O–H groups in total. The highest BCUT2D eigenvalue weighted by Crippen LogP contribution is 2.37. The molecule has 0 aromatic carbocycles. The van der Waals surface area contributed by atoms with E-state index in [0.29, 0.717) is 13.0 Å². The maximum absolute atomic E-state index is 11.9. The summed E-state index contributed by atoms with van der Waals surface area (Å²) >= 11 is 0. The lowest BCUT2D eigenvalue weighted by molar-refractivity contribution is -0.149. The van der Waals surface area contributed by atoms with Crippen LogP contribution in [0.25, 0.3) is 0 Å². The van der Waals surface area contributed by atoms with Gasteiger partial charge < -0.3 is 4.74 Å². The second kappa shape index (κ2) is 5.79. The fraction of sp³-hybridized carbons (Fsp3) is 0.923. The zero-order valence-electron chi connectivity index (χ0n) is 11.6. The summed E-state index contributed by atoms with van der Waals surface area (Å²) in [6, 6.07) is -0.107. The standard InChI is InChI=1S/C13H23NO4S/c1-3-9-7-10(8-12(9)13(15)18-4-2)14-19(16,17)11-5-6-11/h9-12,14H,3-8H2,1-2H3. The van der Waals surface area contributed by atoms with Gasteiger partial charge in [-0.1, -0.05) is 13.3 Å². The van der Waals surface area contributed by atoms with Gasteiger partial charge in [-0.15, -0.1) is 0 Å². The van der Waals surface area contributed by atoms with E-state index in [1.807, 2.05) is 6.92 Å². The average molecular weight is 289 g/mol. The largest absolute Gasteiger partial charge is 0.466 e. The van der Waals surface area contributed by atoms with Gasteiger partial charge in [0.2, 0.25) is 10.0 Å². The number of rotatable bonds is 6. The van der Waals surface area contributed by atoms with Crippen molar-refractivity contribution in [3.05, 3.63) is 0 Å². The molecule has 110 valence electrons. The van der Waals surface area contributed by atoms with Gasteiger partial charge in [0.25, 0.3) is 0 Å². The number of carbonyl (C=O) groups excluding carboxylic acids is 1. The van der Waals surface area contributed by atoms with Gasteiger partial charge >= 0.3 is 5.97 Å². The Morgan fingerprint density at radius 2 is 1.95 bits per heavy atom. The number of hydrogen-bond acceptors (Lipinski definition) is 4. The Morgan fingerprint density at radius 3 is 2.47 bits per heavy atom. The Morgan fingerprint density at radius 1 is 1.26 bits per heavy atom. The molecule has 0 aromatic rings. The monoisotopic (exact) mass is 289 g/mol. The number of nitrogens with one attached hydrogen (secondary N) is 1. The summed E-state index contributed by atoms with van der Waals surface area (Å²) in [5.74, 6) is -0.106. The minimum Gasteiger partial charge on any atom is -0.466 e. The van der Waals surface area contributed by atoms with Gasteiger partial charge in [-0.05, 0) is 38.5 Å². The van der Waals surface area contributed by atoms with E-state index in [9.17, 15) is 13.2 Å².